The molecule has 1 aliphatic carbocycles. The van der Waals surface area contributed by atoms with E-state index in [2.05, 4.69) is 25.1 Å². The fraction of sp³-hybridized carbons (Fsp3) is 0.476. The molecule has 0 atom stereocenters. The number of hydrogen-bond donors (Lipinski definition) is 1. The minimum Gasteiger partial charge on any atom is -0.355 e. The van der Waals surface area contributed by atoms with E-state index in [0.717, 1.165) is 63.5 Å². The van der Waals surface area contributed by atoms with Gasteiger partial charge in [-0.3, -0.25) is 9.69 Å². The average molecular weight is 400 g/mol. The zero-order valence-electron chi connectivity index (χ0n) is 16.0. The van der Waals surface area contributed by atoms with Crippen molar-refractivity contribution in [2.45, 2.75) is 24.7 Å². The van der Waals surface area contributed by atoms with Gasteiger partial charge in [-0.15, -0.1) is 0 Å². The topological polar surface area (TPSA) is 61.4 Å². The third-order valence-electron chi connectivity index (χ3n) is 5.71. The highest BCUT2D eigenvalue weighted by Crippen LogP contribution is 2.48. The standard InChI is InChI=1S/C21H26ClN5O/c22-18-5-1-4-17(16-18)21(6-7-21)19(28)23-10-3-11-26-12-14-27(15-13-26)20-24-8-2-9-25-20/h1-2,4-5,8-9,16H,3,6-7,10-15H2,(H,23,28). The highest BCUT2D eigenvalue weighted by Gasteiger charge is 2.51. The number of piperazine rings is 1. The van der Waals surface area contributed by atoms with Gasteiger partial charge in [0.1, 0.15) is 0 Å². The van der Waals surface area contributed by atoms with Gasteiger partial charge in [-0.1, -0.05) is 23.7 Å². The second kappa shape index (κ2) is 8.45. The molecule has 1 amide bonds. The summed E-state index contributed by atoms with van der Waals surface area (Å²) >= 11 is 6.10. The molecule has 2 aliphatic rings. The summed E-state index contributed by atoms with van der Waals surface area (Å²) < 4.78 is 0. The van der Waals surface area contributed by atoms with Crippen LogP contribution in [0.5, 0.6) is 0 Å². The molecule has 1 aliphatic heterocycles. The zero-order valence-corrected chi connectivity index (χ0v) is 16.7. The number of rotatable bonds is 7. The van der Waals surface area contributed by atoms with Crippen molar-refractivity contribution in [3.63, 3.8) is 0 Å². The number of hydrogen-bond acceptors (Lipinski definition) is 5. The quantitative estimate of drug-likeness (QED) is 0.725. The molecule has 2 aromatic rings. The van der Waals surface area contributed by atoms with Crippen LogP contribution in [0.2, 0.25) is 5.02 Å². The second-order valence-corrected chi connectivity index (χ2v) is 8.02. The van der Waals surface area contributed by atoms with Gasteiger partial charge in [0.2, 0.25) is 11.9 Å². The molecule has 0 unspecified atom stereocenters. The van der Waals surface area contributed by atoms with Crippen molar-refractivity contribution in [3.8, 4) is 0 Å². The molecule has 1 N–H and O–H groups in total. The van der Waals surface area contributed by atoms with Crippen LogP contribution in [0.15, 0.2) is 42.7 Å². The van der Waals surface area contributed by atoms with E-state index in [9.17, 15) is 4.79 Å². The highest BCUT2D eigenvalue weighted by atomic mass is 35.5. The predicted molar refractivity (Wildman–Crippen MR) is 111 cm³/mol. The maximum absolute atomic E-state index is 12.7. The Kier molecular flexibility index (Phi) is 5.78. The summed E-state index contributed by atoms with van der Waals surface area (Å²) in [5.41, 5.74) is 0.684. The number of carbonyl (C=O) groups is 1. The van der Waals surface area contributed by atoms with Crippen molar-refractivity contribution in [2.24, 2.45) is 0 Å². The zero-order chi connectivity index (χ0) is 19.4. The molecule has 1 aromatic heterocycles. The highest BCUT2D eigenvalue weighted by molar-refractivity contribution is 6.30. The number of nitrogens with zero attached hydrogens (tertiary/aromatic N) is 4. The number of amides is 1. The summed E-state index contributed by atoms with van der Waals surface area (Å²) in [6, 6.07) is 9.54. The lowest BCUT2D eigenvalue weighted by atomic mass is 9.95. The van der Waals surface area contributed by atoms with E-state index in [4.69, 9.17) is 11.6 Å². The van der Waals surface area contributed by atoms with Gasteiger partial charge >= 0.3 is 0 Å². The third-order valence-corrected chi connectivity index (χ3v) is 5.94. The molecule has 1 saturated heterocycles. The number of carbonyl (C=O) groups excluding carboxylic acids is 1. The molecule has 148 valence electrons. The Labute approximate surface area is 170 Å². The van der Waals surface area contributed by atoms with Crippen LogP contribution < -0.4 is 10.2 Å². The number of nitrogens with one attached hydrogen (secondary N) is 1. The van der Waals surface area contributed by atoms with Gasteiger partial charge in [0.25, 0.3) is 0 Å². The molecular weight excluding hydrogens is 374 g/mol. The molecule has 0 radical (unpaired) electrons. The summed E-state index contributed by atoms with van der Waals surface area (Å²) in [5.74, 6) is 0.950. The Hall–Kier alpha value is -2.18. The van der Waals surface area contributed by atoms with Crippen LogP contribution in [0, 0.1) is 0 Å². The van der Waals surface area contributed by atoms with Gasteiger partial charge in [0.05, 0.1) is 5.41 Å². The fourth-order valence-electron chi connectivity index (χ4n) is 3.86. The van der Waals surface area contributed by atoms with Gasteiger partial charge in [0.15, 0.2) is 0 Å². The first-order valence-electron chi connectivity index (χ1n) is 9.96. The SMILES string of the molecule is O=C(NCCCN1CCN(c2ncccn2)CC1)C1(c2cccc(Cl)c2)CC1. The number of benzene rings is 1. The molecule has 0 spiro atoms. The Bertz CT molecular complexity index is 803. The van der Waals surface area contributed by atoms with Crippen LogP contribution >= 0.6 is 11.6 Å². The summed E-state index contributed by atoms with van der Waals surface area (Å²) in [6.07, 6.45) is 6.34. The first-order chi connectivity index (χ1) is 13.7. The molecule has 2 fully saturated rings. The van der Waals surface area contributed by atoms with Gasteiger partial charge in [-0.05, 0) is 49.6 Å². The van der Waals surface area contributed by atoms with Crippen molar-refractivity contribution in [1.29, 1.82) is 0 Å². The molecular formula is C21H26ClN5O. The van der Waals surface area contributed by atoms with E-state index < -0.39 is 0 Å². The first kappa shape index (κ1) is 19.2. The molecule has 0 bridgehead atoms. The Morgan fingerprint density at radius 1 is 1.11 bits per heavy atom. The maximum atomic E-state index is 12.7. The number of aromatic nitrogens is 2. The van der Waals surface area contributed by atoms with Crippen LogP contribution in [0.25, 0.3) is 0 Å². The summed E-state index contributed by atoms with van der Waals surface area (Å²) in [5, 5.41) is 3.83. The normalized spacial score (nSPS) is 18.7. The Balaban J connectivity index is 1.18. The third kappa shape index (κ3) is 4.28. The van der Waals surface area contributed by atoms with E-state index in [1.807, 2.05) is 30.3 Å². The average Bonchev–Trinajstić information content (AvgIpc) is 3.54. The molecule has 2 heterocycles. The molecule has 1 aromatic carbocycles. The second-order valence-electron chi connectivity index (χ2n) is 7.58. The lowest BCUT2D eigenvalue weighted by molar-refractivity contribution is -0.123. The summed E-state index contributed by atoms with van der Waals surface area (Å²) in [7, 11) is 0. The van der Waals surface area contributed by atoms with Crippen LogP contribution in [0.4, 0.5) is 5.95 Å². The first-order valence-corrected chi connectivity index (χ1v) is 10.3. The Morgan fingerprint density at radius 3 is 2.54 bits per heavy atom. The van der Waals surface area contributed by atoms with E-state index >= 15 is 0 Å². The molecule has 4 rings (SSSR count). The van der Waals surface area contributed by atoms with Gasteiger partial charge < -0.3 is 10.2 Å². The minimum absolute atomic E-state index is 0.140. The molecule has 6 nitrogen and oxygen atoms in total. The lowest BCUT2D eigenvalue weighted by Gasteiger charge is -2.34. The van der Waals surface area contributed by atoms with Crippen LogP contribution in [0.3, 0.4) is 0 Å². The van der Waals surface area contributed by atoms with Crippen LogP contribution in [-0.2, 0) is 10.2 Å². The van der Waals surface area contributed by atoms with Gasteiger partial charge in [-0.2, -0.15) is 0 Å². The number of halogens is 1. The molecule has 28 heavy (non-hydrogen) atoms. The Morgan fingerprint density at radius 2 is 1.86 bits per heavy atom. The van der Waals surface area contributed by atoms with Crippen molar-refractivity contribution in [1.82, 2.24) is 20.2 Å². The lowest BCUT2D eigenvalue weighted by Crippen LogP contribution is -2.47. The molecule has 1 saturated carbocycles. The van der Waals surface area contributed by atoms with Crippen molar-refractivity contribution in [3.05, 3.63) is 53.3 Å². The van der Waals surface area contributed by atoms with Gasteiger partial charge in [0, 0.05) is 50.1 Å². The van der Waals surface area contributed by atoms with Crippen molar-refractivity contribution < 1.29 is 4.79 Å². The van der Waals surface area contributed by atoms with Crippen molar-refractivity contribution >= 4 is 23.5 Å². The monoisotopic (exact) mass is 399 g/mol. The summed E-state index contributed by atoms with van der Waals surface area (Å²) in [6.45, 7) is 5.58. The van der Waals surface area contributed by atoms with Crippen molar-refractivity contribution in [2.75, 3.05) is 44.2 Å². The van der Waals surface area contributed by atoms with Crippen LogP contribution in [-0.4, -0.2) is 60.0 Å². The van der Waals surface area contributed by atoms with E-state index in [0.29, 0.717) is 11.6 Å². The minimum atomic E-state index is -0.355. The van der Waals surface area contributed by atoms with Crippen LogP contribution in [0.1, 0.15) is 24.8 Å². The number of anilines is 1. The maximum Gasteiger partial charge on any atom is 0.230 e. The smallest absolute Gasteiger partial charge is 0.230 e. The largest absolute Gasteiger partial charge is 0.355 e. The van der Waals surface area contributed by atoms with E-state index in [1.54, 1.807) is 12.4 Å². The van der Waals surface area contributed by atoms with Gasteiger partial charge in [-0.25, -0.2) is 9.97 Å². The fourth-order valence-corrected chi connectivity index (χ4v) is 4.05. The van der Waals surface area contributed by atoms with E-state index in [1.165, 1.54) is 0 Å². The van der Waals surface area contributed by atoms with E-state index in [-0.39, 0.29) is 11.3 Å². The summed E-state index contributed by atoms with van der Waals surface area (Å²) in [4.78, 5) is 26.0. The molecule has 7 heteroatoms. The predicted octanol–water partition coefficient (Wildman–Crippen LogP) is 2.49.